The molecule has 0 saturated heterocycles. The van der Waals surface area contributed by atoms with Gasteiger partial charge in [-0.2, -0.15) is 0 Å². The Hall–Kier alpha value is -2.10. The molecule has 0 fully saturated rings. The molecule has 0 aliphatic carbocycles. The van der Waals surface area contributed by atoms with Gasteiger partial charge in [0.25, 0.3) is 0 Å². The molecular formula is C11H11N3O. The summed E-state index contributed by atoms with van der Waals surface area (Å²) in [6.45, 7) is 0. The first-order valence-electron chi connectivity index (χ1n) is 4.52. The molecule has 0 spiro atoms. The van der Waals surface area contributed by atoms with Gasteiger partial charge >= 0.3 is 0 Å². The highest BCUT2D eigenvalue weighted by atomic mass is 16.5. The fraction of sp³-hybridized carbons (Fsp3) is 0.0909. The number of nitrogens with two attached hydrogens (primary N) is 1. The minimum atomic E-state index is 0.612. The second kappa shape index (κ2) is 3.96. The zero-order valence-electron chi connectivity index (χ0n) is 8.34. The van der Waals surface area contributed by atoms with Gasteiger partial charge in [0.15, 0.2) is 5.82 Å². The highest BCUT2D eigenvalue weighted by Gasteiger charge is 2.05. The molecule has 1 heterocycles. The monoisotopic (exact) mass is 201 g/mol. The molecule has 0 aliphatic heterocycles. The lowest BCUT2D eigenvalue weighted by atomic mass is 10.1. The molecule has 2 N–H and O–H groups in total. The van der Waals surface area contributed by atoms with Gasteiger partial charge in [-0.05, 0) is 18.2 Å². The van der Waals surface area contributed by atoms with Gasteiger partial charge in [-0.1, -0.05) is 0 Å². The second-order valence-corrected chi connectivity index (χ2v) is 3.03. The van der Waals surface area contributed by atoms with Crippen molar-refractivity contribution in [3.05, 3.63) is 36.7 Å². The van der Waals surface area contributed by atoms with E-state index in [0.29, 0.717) is 11.5 Å². The fourth-order valence-electron chi connectivity index (χ4n) is 1.31. The van der Waals surface area contributed by atoms with Crippen LogP contribution in [0.25, 0.3) is 11.4 Å². The van der Waals surface area contributed by atoms with E-state index in [-0.39, 0.29) is 0 Å². The van der Waals surface area contributed by atoms with E-state index in [2.05, 4.69) is 9.97 Å². The largest absolute Gasteiger partial charge is 0.497 e. The summed E-state index contributed by atoms with van der Waals surface area (Å²) in [6, 6.07) is 7.21. The Balaban J connectivity index is 2.46. The Bertz CT molecular complexity index is 457. The van der Waals surface area contributed by atoms with Gasteiger partial charge in [-0.25, -0.2) is 9.97 Å². The van der Waals surface area contributed by atoms with Crippen LogP contribution in [-0.2, 0) is 0 Å². The van der Waals surface area contributed by atoms with Gasteiger partial charge in [0, 0.05) is 29.7 Å². The summed E-state index contributed by atoms with van der Waals surface area (Å²) in [6.07, 6.45) is 3.37. The highest BCUT2D eigenvalue weighted by Crippen LogP contribution is 2.26. The summed E-state index contributed by atoms with van der Waals surface area (Å²) in [5.41, 5.74) is 7.30. The second-order valence-electron chi connectivity index (χ2n) is 3.03. The number of nitrogens with zero attached hydrogens (tertiary/aromatic N) is 2. The van der Waals surface area contributed by atoms with Gasteiger partial charge in [0.05, 0.1) is 7.11 Å². The van der Waals surface area contributed by atoms with Crippen LogP contribution in [0.1, 0.15) is 0 Å². The van der Waals surface area contributed by atoms with Crippen LogP contribution in [0.15, 0.2) is 36.7 Å². The van der Waals surface area contributed by atoms with Gasteiger partial charge in [-0.3, -0.25) is 0 Å². The summed E-state index contributed by atoms with van der Waals surface area (Å²) >= 11 is 0. The van der Waals surface area contributed by atoms with Gasteiger partial charge in [0.1, 0.15) is 5.75 Å². The zero-order valence-corrected chi connectivity index (χ0v) is 8.34. The van der Waals surface area contributed by atoms with Crippen LogP contribution in [0.4, 0.5) is 5.69 Å². The van der Waals surface area contributed by atoms with Gasteiger partial charge in [0.2, 0.25) is 0 Å². The third kappa shape index (κ3) is 1.88. The Kier molecular flexibility index (Phi) is 2.49. The first-order chi connectivity index (χ1) is 7.31. The smallest absolute Gasteiger partial charge is 0.161 e. The van der Waals surface area contributed by atoms with Crippen molar-refractivity contribution in [3.63, 3.8) is 0 Å². The normalized spacial score (nSPS) is 9.93. The molecule has 1 aromatic carbocycles. The molecule has 0 aliphatic rings. The summed E-state index contributed by atoms with van der Waals surface area (Å²) in [7, 11) is 1.60. The van der Waals surface area contributed by atoms with Crippen molar-refractivity contribution in [1.29, 1.82) is 0 Å². The molecule has 76 valence electrons. The fourth-order valence-corrected chi connectivity index (χ4v) is 1.31. The molecule has 0 radical (unpaired) electrons. The van der Waals surface area contributed by atoms with E-state index in [0.717, 1.165) is 11.3 Å². The standard InChI is InChI=1S/C11H11N3O/c1-15-8-3-4-9(10(12)7-8)11-13-5-2-6-14-11/h2-7H,12H2,1H3. The number of aromatic nitrogens is 2. The average molecular weight is 201 g/mol. The predicted octanol–water partition coefficient (Wildman–Crippen LogP) is 1.73. The number of benzene rings is 1. The molecule has 2 aromatic rings. The van der Waals surface area contributed by atoms with Crippen LogP contribution < -0.4 is 10.5 Å². The number of hydrogen-bond donors (Lipinski definition) is 1. The first-order valence-corrected chi connectivity index (χ1v) is 4.52. The summed E-state index contributed by atoms with van der Waals surface area (Å²) < 4.78 is 5.07. The minimum absolute atomic E-state index is 0.612. The summed E-state index contributed by atoms with van der Waals surface area (Å²) in [5, 5.41) is 0. The number of methoxy groups -OCH3 is 1. The van der Waals surface area contributed by atoms with Crippen molar-refractivity contribution in [2.24, 2.45) is 0 Å². The highest BCUT2D eigenvalue weighted by molar-refractivity contribution is 5.72. The van der Waals surface area contributed by atoms with Gasteiger partial charge in [-0.15, -0.1) is 0 Å². The van der Waals surface area contributed by atoms with Crippen molar-refractivity contribution in [3.8, 4) is 17.1 Å². The van der Waals surface area contributed by atoms with Crippen molar-refractivity contribution >= 4 is 5.69 Å². The van der Waals surface area contributed by atoms with Crippen LogP contribution in [0, 0.1) is 0 Å². The molecule has 15 heavy (non-hydrogen) atoms. The van der Waals surface area contributed by atoms with E-state index in [1.165, 1.54) is 0 Å². The quantitative estimate of drug-likeness (QED) is 0.752. The molecular weight excluding hydrogens is 190 g/mol. The molecule has 4 nitrogen and oxygen atoms in total. The van der Waals surface area contributed by atoms with E-state index >= 15 is 0 Å². The van der Waals surface area contributed by atoms with Gasteiger partial charge < -0.3 is 10.5 Å². The summed E-state index contributed by atoms with van der Waals surface area (Å²) in [5.74, 6) is 1.35. The van der Waals surface area contributed by atoms with E-state index < -0.39 is 0 Å². The molecule has 0 atom stereocenters. The number of ether oxygens (including phenoxy) is 1. The lowest BCUT2D eigenvalue weighted by molar-refractivity contribution is 0.415. The van der Waals surface area contributed by atoms with Crippen molar-refractivity contribution < 1.29 is 4.74 Å². The number of anilines is 1. The molecule has 0 unspecified atom stereocenters. The van der Waals surface area contributed by atoms with E-state index in [1.807, 2.05) is 12.1 Å². The average Bonchev–Trinajstić information content (AvgIpc) is 2.30. The first kappa shape index (κ1) is 9.45. The zero-order chi connectivity index (χ0) is 10.7. The van der Waals surface area contributed by atoms with E-state index in [9.17, 15) is 0 Å². The Morgan fingerprint density at radius 3 is 2.53 bits per heavy atom. The number of nitrogen functional groups attached to an aromatic ring is 1. The Labute approximate surface area is 87.7 Å². The lowest BCUT2D eigenvalue weighted by Gasteiger charge is -2.05. The van der Waals surface area contributed by atoms with Crippen LogP contribution in [0.2, 0.25) is 0 Å². The maximum absolute atomic E-state index is 5.87. The third-order valence-electron chi connectivity index (χ3n) is 2.07. The van der Waals surface area contributed by atoms with Crippen LogP contribution in [-0.4, -0.2) is 17.1 Å². The molecule has 0 bridgehead atoms. The van der Waals surface area contributed by atoms with Crippen LogP contribution in [0.3, 0.4) is 0 Å². The van der Waals surface area contributed by atoms with E-state index in [1.54, 1.807) is 31.6 Å². The molecule has 0 saturated carbocycles. The predicted molar refractivity (Wildman–Crippen MR) is 58.4 cm³/mol. The van der Waals surface area contributed by atoms with Crippen molar-refractivity contribution in [2.45, 2.75) is 0 Å². The van der Waals surface area contributed by atoms with E-state index in [4.69, 9.17) is 10.5 Å². The molecule has 2 rings (SSSR count). The van der Waals surface area contributed by atoms with Crippen molar-refractivity contribution in [1.82, 2.24) is 9.97 Å². The summed E-state index contributed by atoms with van der Waals surface area (Å²) in [4.78, 5) is 8.27. The third-order valence-corrected chi connectivity index (χ3v) is 2.07. The molecule has 1 aromatic heterocycles. The maximum Gasteiger partial charge on any atom is 0.161 e. The van der Waals surface area contributed by atoms with Crippen LogP contribution in [0.5, 0.6) is 5.75 Å². The Morgan fingerprint density at radius 1 is 1.20 bits per heavy atom. The molecule has 4 heteroatoms. The lowest BCUT2D eigenvalue weighted by Crippen LogP contribution is -1.94. The SMILES string of the molecule is COc1ccc(-c2ncccn2)c(N)c1. The molecule has 0 amide bonds. The number of hydrogen-bond acceptors (Lipinski definition) is 4. The van der Waals surface area contributed by atoms with Crippen molar-refractivity contribution in [2.75, 3.05) is 12.8 Å². The minimum Gasteiger partial charge on any atom is -0.497 e. The maximum atomic E-state index is 5.87. The topological polar surface area (TPSA) is 61.0 Å². The number of rotatable bonds is 2. The van der Waals surface area contributed by atoms with Crippen LogP contribution >= 0.6 is 0 Å². The Morgan fingerprint density at radius 2 is 1.93 bits per heavy atom.